The fourth-order valence-electron chi connectivity index (χ4n) is 3.86. The first-order valence-electron chi connectivity index (χ1n) is 10.6. The molecule has 33 heavy (non-hydrogen) atoms. The summed E-state index contributed by atoms with van der Waals surface area (Å²) in [7, 11) is 0. The number of aryl methyl sites for hydroxylation is 1. The Kier molecular flexibility index (Phi) is 6.64. The summed E-state index contributed by atoms with van der Waals surface area (Å²) in [5, 5.41) is 11.1. The summed E-state index contributed by atoms with van der Waals surface area (Å²) in [6.45, 7) is 4.96. The summed E-state index contributed by atoms with van der Waals surface area (Å²) >= 11 is 0. The lowest BCUT2D eigenvalue weighted by molar-refractivity contribution is -0.139. The van der Waals surface area contributed by atoms with E-state index in [0.717, 1.165) is 0 Å². The van der Waals surface area contributed by atoms with Gasteiger partial charge in [0.1, 0.15) is 18.1 Å². The van der Waals surface area contributed by atoms with E-state index >= 15 is 0 Å². The molecule has 4 rings (SSSR count). The molecule has 0 aliphatic carbocycles. The van der Waals surface area contributed by atoms with Gasteiger partial charge in [0.25, 0.3) is 11.7 Å². The molecule has 0 bridgehead atoms. The van der Waals surface area contributed by atoms with E-state index in [-0.39, 0.29) is 11.3 Å². The Morgan fingerprint density at radius 3 is 2.61 bits per heavy atom. The number of pyridine rings is 1. The van der Waals surface area contributed by atoms with Crippen LogP contribution in [0.4, 0.5) is 0 Å². The smallest absolute Gasteiger partial charge is 0.295 e. The summed E-state index contributed by atoms with van der Waals surface area (Å²) in [5.74, 6) is -0.970. The van der Waals surface area contributed by atoms with E-state index in [1.807, 2.05) is 10.8 Å². The maximum Gasteiger partial charge on any atom is 0.295 e. The fourth-order valence-corrected chi connectivity index (χ4v) is 3.86. The molecule has 1 fully saturated rings. The number of aromatic nitrogens is 3. The molecule has 3 heterocycles. The maximum absolute atomic E-state index is 13.0. The second-order valence-electron chi connectivity index (χ2n) is 7.56. The molecule has 1 aromatic carbocycles. The average Bonchev–Trinajstić information content (AvgIpc) is 3.45. The van der Waals surface area contributed by atoms with Crippen LogP contribution >= 0.6 is 0 Å². The standard InChI is InChI=1S/C25H24N4O4/c1-2-15-33-20-8-6-18(7-9-20)23(30)21-22(19-5-3-10-26-16-19)29(25(32)24(21)31)13-4-12-28-14-11-27-17-28/h2-3,5-11,14,16-17,22,30H,1,4,12-13,15H2/b23-21+. The zero-order valence-electron chi connectivity index (χ0n) is 18.0. The van der Waals surface area contributed by atoms with Crippen molar-refractivity contribution >= 4 is 17.4 Å². The van der Waals surface area contributed by atoms with Gasteiger partial charge in [-0.15, -0.1) is 0 Å². The number of aliphatic hydroxyl groups excluding tert-OH is 1. The van der Waals surface area contributed by atoms with Crippen LogP contribution in [0.1, 0.15) is 23.6 Å². The molecule has 2 aromatic heterocycles. The number of hydrogen-bond acceptors (Lipinski definition) is 6. The second-order valence-corrected chi connectivity index (χ2v) is 7.56. The van der Waals surface area contributed by atoms with Crippen molar-refractivity contribution in [1.29, 1.82) is 0 Å². The predicted octanol–water partition coefficient (Wildman–Crippen LogP) is 3.35. The number of ether oxygens (including phenoxy) is 1. The van der Waals surface area contributed by atoms with Gasteiger partial charge in [0.15, 0.2) is 0 Å². The molecular formula is C25H24N4O4. The fraction of sp³-hybridized carbons (Fsp3) is 0.200. The number of rotatable bonds is 9. The number of imidazole rings is 1. The first kappa shape index (κ1) is 22.0. The number of likely N-dealkylation sites (tertiary alicyclic amines) is 1. The molecule has 1 unspecified atom stereocenters. The van der Waals surface area contributed by atoms with Gasteiger partial charge in [-0.05, 0) is 42.3 Å². The van der Waals surface area contributed by atoms with Crippen molar-refractivity contribution in [2.45, 2.75) is 19.0 Å². The van der Waals surface area contributed by atoms with Crippen molar-refractivity contribution in [2.24, 2.45) is 0 Å². The number of carbonyl (C=O) groups is 2. The van der Waals surface area contributed by atoms with Gasteiger partial charge in [-0.25, -0.2) is 4.98 Å². The largest absolute Gasteiger partial charge is 0.507 e. The number of Topliss-reactive ketones (excluding diaryl/α,β-unsaturated/α-hetero) is 1. The van der Waals surface area contributed by atoms with Crippen LogP contribution in [-0.4, -0.2) is 49.4 Å². The minimum atomic E-state index is -0.724. The number of benzene rings is 1. The zero-order valence-corrected chi connectivity index (χ0v) is 18.0. The maximum atomic E-state index is 13.0. The van der Waals surface area contributed by atoms with Crippen LogP contribution in [0, 0.1) is 0 Å². The van der Waals surface area contributed by atoms with Gasteiger partial charge in [-0.2, -0.15) is 0 Å². The highest BCUT2D eigenvalue weighted by molar-refractivity contribution is 6.46. The number of aliphatic hydroxyl groups is 1. The number of carbonyl (C=O) groups excluding carboxylic acids is 2. The first-order valence-corrected chi connectivity index (χ1v) is 10.6. The van der Waals surface area contributed by atoms with Crippen molar-refractivity contribution in [2.75, 3.05) is 13.2 Å². The van der Waals surface area contributed by atoms with Gasteiger partial charge >= 0.3 is 0 Å². The highest BCUT2D eigenvalue weighted by Gasteiger charge is 2.45. The molecule has 8 nitrogen and oxygen atoms in total. The molecule has 1 saturated heterocycles. The van der Waals surface area contributed by atoms with E-state index < -0.39 is 17.7 Å². The lowest BCUT2D eigenvalue weighted by Gasteiger charge is -2.25. The number of nitrogens with zero attached hydrogens (tertiary/aromatic N) is 4. The normalized spacial score (nSPS) is 17.3. The van der Waals surface area contributed by atoms with Crippen molar-refractivity contribution in [3.8, 4) is 5.75 Å². The molecule has 1 aliphatic rings. The van der Waals surface area contributed by atoms with E-state index in [1.54, 1.807) is 67.4 Å². The number of ketones is 1. The van der Waals surface area contributed by atoms with Crippen LogP contribution in [0.25, 0.3) is 5.76 Å². The van der Waals surface area contributed by atoms with Crippen LogP contribution in [0.15, 0.2) is 85.7 Å². The van der Waals surface area contributed by atoms with Gasteiger partial charge < -0.3 is 19.3 Å². The highest BCUT2D eigenvalue weighted by atomic mass is 16.5. The van der Waals surface area contributed by atoms with E-state index in [0.29, 0.717) is 43.0 Å². The summed E-state index contributed by atoms with van der Waals surface area (Å²) in [6, 6.07) is 9.51. The topological polar surface area (TPSA) is 97.6 Å². The molecule has 1 N–H and O–H groups in total. The van der Waals surface area contributed by atoms with E-state index in [1.165, 1.54) is 4.90 Å². The highest BCUT2D eigenvalue weighted by Crippen LogP contribution is 2.39. The number of amides is 1. The molecule has 1 atom stereocenters. The van der Waals surface area contributed by atoms with Gasteiger partial charge in [-0.3, -0.25) is 14.6 Å². The third-order valence-corrected chi connectivity index (χ3v) is 5.41. The molecular weight excluding hydrogens is 420 g/mol. The Labute approximate surface area is 191 Å². The minimum absolute atomic E-state index is 0.0513. The van der Waals surface area contributed by atoms with Crippen LogP contribution in [0.3, 0.4) is 0 Å². The summed E-state index contributed by atoms with van der Waals surface area (Å²) in [5.41, 5.74) is 1.13. The van der Waals surface area contributed by atoms with Gasteiger partial charge in [0, 0.05) is 43.4 Å². The van der Waals surface area contributed by atoms with E-state index in [4.69, 9.17) is 4.74 Å². The summed E-state index contributed by atoms with van der Waals surface area (Å²) < 4.78 is 7.38. The van der Waals surface area contributed by atoms with Gasteiger partial charge in [-0.1, -0.05) is 18.7 Å². The summed E-state index contributed by atoms with van der Waals surface area (Å²) in [4.78, 5) is 35.7. The van der Waals surface area contributed by atoms with Crippen molar-refractivity contribution < 1.29 is 19.4 Å². The molecule has 3 aromatic rings. The Balaban J connectivity index is 1.66. The molecule has 1 aliphatic heterocycles. The minimum Gasteiger partial charge on any atom is -0.507 e. The molecule has 0 spiro atoms. The second kappa shape index (κ2) is 9.95. The Hall–Kier alpha value is -4.20. The summed E-state index contributed by atoms with van der Waals surface area (Å²) in [6.07, 6.45) is 10.7. The lowest BCUT2D eigenvalue weighted by Crippen LogP contribution is -2.31. The first-order chi connectivity index (χ1) is 16.1. The molecule has 8 heteroatoms. The van der Waals surface area contributed by atoms with Crippen LogP contribution in [0.2, 0.25) is 0 Å². The monoisotopic (exact) mass is 444 g/mol. The van der Waals surface area contributed by atoms with Crippen molar-refractivity contribution in [3.05, 3.63) is 96.9 Å². The molecule has 168 valence electrons. The van der Waals surface area contributed by atoms with Crippen LogP contribution in [0.5, 0.6) is 5.75 Å². The average molecular weight is 444 g/mol. The quantitative estimate of drug-likeness (QED) is 0.235. The van der Waals surface area contributed by atoms with Gasteiger partial charge in [0.05, 0.1) is 17.9 Å². The predicted molar refractivity (Wildman–Crippen MR) is 122 cm³/mol. The Bertz CT molecular complexity index is 1150. The SMILES string of the molecule is C=CCOc1ccc(/C(O)=C2\C(=O)C(=O)N(CCCn3ccnc3)C2c2cccnc2)cc1. The van der Waals surface area contributed by atoms with Crippen LogP contribution < -0.4 is 4.74 Å². The zero-order chi connectivity index (χ0) is 23.2. The number of hydrogen-bond donors (Lipinski definition) is 1. The Morgan fingerprint density at radius 1 is 1.12 bits per heavy atom. The third kappa shape index (κ3) is 4.69. The van der Waals surface area contributed by atoms with E-state index in [9.17, 15) is 14.7 Å². The van der Waals surface area contributed by atoms with Crippen molar-refractivity contribution in [3.63, 3.8) is 0 Å². The lowest BCUT2D eigenvalue weighted by atomic mass is 9.96. The van der Waals surface area contributed by atoms with E-state index in [2.05, 4.69) is 16.5 Å². The Morgan fingerprint density at radius 2 is 1.94 bits per heavy atom. The van der Waals surface area contributed by atoms with Crippen LogP contribution in [-0.2, 0) is 16.1 Å². The molecule has 0 saturated carbocycles. The molecule has 0 radical (unpaired) electrons. The third-order valence-electron chi connectivity index (χ3n) is 5.41. The molecule has 1 amide bonds. The van der Waals surface area contributed by atoms with Crippen molar-refractivity contribution in [1.82, 2.24) is 19.4 Å². The van der Waals surface area contributed by atoms with Gasteiger partial charge in [0.2, 0.25) is 0 Å².